The standard InChI is InChI=1S/C9H16FNO/c1-7(12)9(10)4-8(2,3)5-11-6-9/h11H,4-6H2,1-3H3/t9-/m0/s1. The molecule has 1 heterocycles. The summed E-state index contributed by atoms with van der Waals surface area (Å²) < 4.78 is 13.8. The molecule has 0 amide bonds. The van der Waals surface area contributed by atoms with Crippen molar-refractivity contribution in [2.75, 3.05) is 13.1 Å². The predicted octanol–water partition coefficient (Wildman–Crippen LogP) is 1.30. The summed E-state index contributed by atoms with van der Waals surface area (Å²) >= 11 is 0. The van der Waals surface area contributed by atoms with E-state index in [-0.39, 0.29) is 17.7 Å². The molecule has 2 nitrogen and oxygen atoms in total. The van der Waals surface area contributed by atoms with Crippen LogP contribution in [-0.2, 0) is 4.79 Å². The average Bonchev–Trinajstić information content (AvgIpc) is 1.83. The lowest BCUT2D eigenvalue weighted by atomic mass is 9.76. The molecule has 0 radical (unpaired) electrons. The van der Waals surface area contributed by atoms with Crippen LogP contribution in [0.15, 0.2) is 0 Å². The van der Waals surface area contributed by atoms with Crippen LogP contribution < -0.4 is 5.32 Å². The number of ketones is 1. The minimum atomic E-state index is -1.64. The molecule has 1 atom stereocenters. The summed E-state index contributed by atoms with van der Waals surface area (Å²) in [5.74, 6) is -0.359. The average molecular weight is 173 g/mol. The number of rotatable bonds is 1. The van der Waals surface area contributed by atoms with E-state index in [1.807, 2.05) is 13.8 Å². The Labute approximate surface area is 72.5 Å². The lowest BCUT2D eigenvalue weighted by Crippen LogP contribution is -2.53. The van der Waals surface area contributed by atoms with Crippen molar-refractivity contribution >= 4 is 5.78 Å². The molecular formula is C9H16FNO. The number of carbonyl (C=O) groups excluding carboxylic acids is 1. The second-order valence-corrected chi connectivity index (χ2v) is 4.47. The van der Waals surface area contributed by atoms with Crippen molar-refractivity contribution < 1.29 is 9.18 Å². The van der Waals surface area contributed by atoms with E-state index < -0.39 is 5.67 Å². The molecule has 0 aromatic carbocycles. The maximum Gasteiger partial charge on any atom is 0.181 e. The molecule has 12 heavy (non-hydrogen) atoms. The number of piperidine rings is 1. The quantitative estimate of drug-likeness (QED) is 0.647. The van der Waals surface area contributed by atoms with Gasteiger partial charge in [0.05, 0.1) is 0 Å². The first-order valence-corrected chi connectivity index (χ1v) is 4.26. The van der Waals surface area contributed by atoms with Gasteiger partial charge in [0, 0.05) is 13.1 Å². The van der Waals surface area contributed by atoms with Crippen molar-refractivity contribution in [1.82, 2.24) is 5.32 Å². The molecular weight excluding hydrogens is 157 g/mol. The first kappa shape index (κ1) is 9.65. The molecule has 0 aromatic heterocycles. The van der Waals surface area contributed by atoms with Gasteiger partial charge in [0.1, 0.15) is 0 Å². The number of hydrogen-bond donors (Lipinski definition) is 1. The van der Waals surface area contributed by atoms with Crippen LogP contribution in [0.2, 0.25) is 0 Å². The number of nitrogens with one attached hydrogen (secondary N) is 1. The Morgan fingerprint density at radius 1 is 1.42 bits per heavy atom. The van der Waals surface area contributed by atoms with Crippen LogP contribution in [0.25, 0.3) is 0 Å². The van der Waals surface area contributed by atoms with E-state index in [2.05, 4.69) is 5.32 Å². The Hall–Kier alpha value is -0.440. The highest BCUT2D eigenvalue weighted by atomic mass is 19.1. The fourth-order valence-corrected chi connectivity index (χ4v) is 1.73. The first-order chi connectivity index (χ1) is 5.36. The Morgan fingerprint density at radius 2 is 2.00 bits per heavy atom. The zero-order valence-electron chi connectivity index (χ0n) is 7.91. The highest BCUT2D eigenvalue weighted by Gasteiger charge is 2.43. The smallest absolute Gasteiger partial charge is 0.181 e. The summed E-state index contributed by atoms with van der Waals surface area (Å²) in [7, 11) is 0. The fraction of sp³-hybridized carbons (Fsp3) is 0.889. The Morgan fingerprint density at radius 3 is 2.33 bits per heavy atom. The molecule has 0 saturated carbocycles. The molecule has 0 unspecified atom stereocenters. The maximum absolute atomic E-state index is 13.8. The third-order valence-electron chi connectivity index (χ3n) is 2.40. The topological polar surface area (TPSA) is 29.1 Å². The van der Waals surface area contributed by atoms with Gasteiger partial charge >= 0.3 is 0 Å². The minimum absolute atomic E-state index is 0.112. The summed E-state index contributed by atoms with van der Waals surface area (Å²) in [5, 5.41) is 2.95. The van der Waals surface area contributed by atoms with Crippen molar-refractivity contribution in [3.63, 3.8) is 0 Å². The highest BCUT2D eigenvalue weighted by Crippen LogP contribution is 2.33. The number of hydrogen-bond acceptors (Lipinski definition) is 2. The van der Waals surface area contributed by atoms with Gasteiger partial charge in [-0.05, 0) is 18.8 Å². The van der Waals surface area contributed by atoms with Crippen LogP contribution in [0, 0.1) is 5.41 Å². The molecule has 1 saturated heterocycles. The van der Waals surface area contributed by atoms with E-state index in [4.69, 9.17) is 0 Å². The first-order valence-electron chi connectivity index (χ1n) is 4.26. The number of alkyl halides is 1. The molecule has 70 valence electrons. The molecule has 0 aromatic rings. The lowest BCUT2D eigenvalue weighted by Gasteiger charge is -2.38. The van der Waals surface area contributed by atoms with Crippen molar-refractivity contribution in [2.24, 2.45) is 5.41 Å². The van der Waals surface area contributed by atoms with Gasteiger partial charge < -0.3 is 5.32 Å². The van der Waals surface area contributed by atoms with Crippen LogP contribution in [0.5, 0.6) is 0 Å². The van der Waals surface area contributed by atoms with Crippen LogP contribution in [0.4, 0.5) is 4.39 Å². The molecule has 1 N–H and O–H groups in total. The van der Waals surface area contributed by atoms with Crippen LogP contribution >= 0.6 is 0 Å². The molecule has 0 aliphatic carbocycles. The summed E-state index contributed by atoms with van der Waals surface area (Å²) in [4.78, 5) is 11.0. The molecule has 1 aliphatic heterocycles. The zero-order valence-corrected chi connectivity index (χ0v) is 7.91. The second-order valence-electron chi connectivity index (χ2n) is 4.47. The summed E-state index contributed by atoms with van der Waals surface area (Å²) in [6.07, 6.45) is 0.336. The van der Waals surface area contributed by atoms with Crippen LogP contribution in [-0.4, -0.2) is 24.5 Å². The summed E-state index contributed by atoms with van der Waals surface area (Å²) in [6.45, 7) is 6.22. The largest absolute Gasteiger partial charge is 0.313 e. The monoisotopic (exact) mass is 173 g/mol. The van der Waals surface area contributed by atoms with Gasteiger partial charge in [0.2, 0.25) is 0 Å². The molecule has 0 spiro atoms. The third-order valence-corrected chi connectivity index (χ3v) is 2.40. The van der Waals surface area contributed by atoms with Gasteiger partial charge in [-0.15, -0.1) is 0 Å². The van der Waals surface area contributed by atoms with E-state index >= 15 is 0 Å². The Bertz CT molecular complexity index is 203. The van der Waals surface area contributed by atoms with E-state index in [0.29, 0.717) is 6.42 Å². The van der Waals surface area contributed by atoms with Gasteiger partial charge in [0.15, 0.2) is 11.5 Å². The SMILES string of the molecule is CC(=O)[C@@]1(F)CNCC(C)(C)C1. The second kappa shape index (κ2) is 2.80. The molecule has 1 fully saturated rings. The minimum Gasteiger partial charge on any atom is -0.313 e. The van der Waals surface area contributed by atoms with Crippen molar-refractivity contribution in [2.45, 2.75) is 32.9 Å². The normalized spacial score (nSPS) is 34.7. The lowest BCUT2D eigenvalue weighted by molar-refractivity contribution is -0.131. The maximum atomic E-state index is 13.8. The highest BCUT2D eigenvalue weighted by molar-refractivity contribution is 5.85. The van der Waals surface area contributed by atoms with Crippen LogP contribution in [0.1, 0.15) is 27.2 Å². The molecule has 3 heteroatoms. The van der Waals surface area contributed by atoms with E-state index in [1.165, 1.54) is 6.92 Å². The van der Waals surface area contributed by atoms with E-state index in [0.717, 1.165) is 6.54 Å². The Kier molecular flexibility index (Phi) is 2.25. The summed E-state index contributed by atoms with van der Waals surface area (Å²) in [5.41, 5.74) is -1.75. The number of carbonyl (C=O) groups is 1. The molecule has 0 bridgehead atoms. The summed E-state index contributed by atoms with van der Waals surface area (Å²) in [6, 6.07) is 0. The molecule has 1 rings (SSSR count). The van der Waals surface area contributed by atoms with E-state index in [9.17, 15) is 9.18 Å². The predicted molar refractivity (Wildman–Crippen MR) is 45.8 cm³/mol. The molecule has 1 aliphatic rings. The van der Waals surface area contributed by atoms with Gasteiger partial charge in [-0.25, -0.2) is 4.39 Å². The fourth-order valence-electron chi connectivity index (χ4n) is 1.73. The van der Waals surface area contributed by atoms with Gasteiger partial charge in [-0.2, -0.15) is 0 Å². The third kappa shape index (κ3) is 1.83. The van der Waals surface area contributed by atoms with Crippen LogP contribution in [0.3, 0.4) is 0 Å². The van der Waals surface area contributed by atoms with Crippen molar-refractivity contribution in [3.8, 4) is 0 Å². The number of halogens is 1. The van der Waals surface area contributed by atoms with Crippen molar-refractivity contribution in [3.05, 3.63) is 0 Å². The van der Waals surface area contributed by atoms with Crippen molar-refractivity contribution in [1.29, 1.82) is 0 Å². The van der Waals surface area contributed by atoms with Gasteiger partial charge in [-0.1, -0.05) is 13.8 Å². The van der Waals surface area contributed by atoms with E-state index in [1.54, 1.807) is 0 Å². The zero-order chi connectivity index (χ0) is 9.41. The van der Waals surface area contributed by atoms with Gasteiger partial charge in [-0.3, -0.25) is 4.79 Å². The van der Waals surface area contributed by atoms with Gasteiger partial charge in [0.25, 0.3) is 0 Å². The number of Topliss-reactive ketones (excluding diaryl/α,β-unsaturated/α-hetero) is 1. The Balaban J connectivity index is 2.74.